The maximum atomic E-state index is 12.2. The lowest BCUT2D eigenvalue weighted by Crippen LogP contribution is -2.46. The number of non-ortho nitro benzene ring substituents is 1. The van der Waals surface area contributed by atoms with E-state index in [2.05, 4.69) is 10.2 Å². The zero-order valence-corrected chi connectivity index (χ0v) is 14.2. The number of nitro benzene ring substituents is 1. The van der Waals surface area contributed by atoms with Gasteiger partial charge in [-0.15, -0.1) is 0 Å². The number of hydrogen-bond acceptors (Lipinski definition) is 8. The van der Waals surface area contributed by atoms with Gasteiger partial charge in [-0.1, -0.05) is 0 Å². The van der Waals surface area contributed by atoms with Crippen LogP contribution in [0.4, 0.5) is 11.4 Å². The fourth-order valence-corrected chi connectivity index (χ4v) is 2.90. The Hall–Kier alpha value is -2.72. The SMILES string of the molecule is O=C(CN1CC(=O)Oc2cc([N+](=O)[O-])ccc21)NCCN1CCOCC1. The van der Waals surface area contributed by atoms with Crippen LogP contribution >= 0.6 is 0 Å². The van der Waals surface area contributed by atoms with Crippen LogP contribution < -0.4 is 15.0 Å². The number of hydrogen-bond donors (Lipinski definition) is 1. The van der Waals surface area contributed by atoms with E-state index in [1.807, 2.05) is 0 Å². The fraction of sp³-hybridized carbons (Fsp3) is 0.500. The van der Waals surface area contributed by atoms with Crippen LogP contribution in [0.3, 0.4) is 0 Å². The molecule has 0 radical (unpaired) electrons. The number of benzene rings is 1. The first-order chi connectivity index (χ1) is 12.5. The topological polar surface area (TPSA) is 114 Å². The van der Waals surface area contributed by atoms with Gasteiger partial charge in [-0.3, -0.25) is 19.8 Å². The average molecular weight is 364 g/mol. The van der Waals surface area contributed by atoms with Gasteiger partial charge < -0.3 is 19.7 Å². The zero-order chi connectivity index (χ0) is 18.5. The second-order valence-corrected chi connectivity index (χ2v) is 6.04. The van der Waals surface area contributed by atoms with E-state index in [0.29, 0.717) is 25.4 Å². The summed E-state index contributed by atoms with van der Waals surface area (Å²) in [5, 5.41) is 13.7. The molecule has 2 aliphatic heterocycles. The van der Waals surface area contributed by atoms with Crippen molar-refractivity contribution in [1.82, 2.24) is 10.2 Å². The number of nitrogens with zero attached hydrogens (tertiary/aromatic N) is 3. The first kappa shape index (κ1) is 18.1. The minimum Gasteiger partial charge on any atom is -0.423 e. The summed E-state index contributed by atoms with van der Waals surface area (Å²) >= 11 is 0. The second kappa shape index (κ2) is 8.11. The van der Waals surface area contributed by atoms with Gasteiger partial charge in [0.1, 0.15) is 6.54 Å². The minimum atomic E-state index is -0.564. The normalized spacial score (nSPS) is 17.4. The number of rotatable bonds is 6. The largest absolute Gasteiger partial charge is 0.423 e. The molecule has 1 saturated heterocycles. The van der Waals surface area contributed by atoms with Gasteiger partial charge in [-0.25, -0.2) is 4.79 Å². The van der Waals surface area contributed by atoms with Crippen molar-refractivity contribution in [3.63, 3.8) is 0 Å². The predicted molar refractivity (Wildman–Crippen MR) is 91.2 cm³/mol. The summed E-state index contributed by atoms with van der Waals surface area (Å²) in [6.45, 7) is 4.23. The van der Waals surface area contributed by atoms with E-state index in [-0.39, 0.29) is 30.4 Å². The molecular formula is C16H20N4O6. The Labute approximate surface area is 149 Å². The number of carbonyl (C=O) groups is 2. The standard InChI is InChI=1S/C16H20N4O6/c21-15(17-3-4-18-5-7-25-8-6-18)10-19-11-16(22)26-14-9-12(20(23)24)1-2-13(14)19/h1-2,9H,3-8,10-11H2,(H,17,21). The molecule has 1 N–H and O–H groups in total. The molecule has 1 aromatic rings. The van der Waals surface area contributed by atoms with Gasteiger partial charge >= 0.3 is 5.97 Å². The fourth-order valence-electron chi connectivity index (χ4n) is 2.90. The quantitative estimate of drug-likeness (QED) is 0.319. The summed E-state index contributed by atoms with van der Waals surface area (Å²) in [7, 11) is 0. The number of ether oxygens (including phenoxy) is 2. The molecule has 3 rings (SSSR count). The molecule has 0 aromatic heterocycles. The highest BCUT2D eigenvalue weighted by Gasteiger charge is 2.27. The van der Waals surface area contributed by atoms with Gasteiger partial charge in [0.25, 0.3) is 5.69 Å². The van der Waals surface area contributed by atoms with E-state index in [9.17, 15) is 19.7 Å². The molecule has 0 atom stereocenters. The summed E-state index contributed by atoms with van der Waals surface area (Å²) in [6.07, 6.45) is 0. The Morgan fingerprint density at radius 3 is 2.81 bits per heavy atom. The van der Waals surface area contributed by atoms with Crippen LogP contribution in [0, 0.1) is 10.1 Å². The van der Waals surface area contributed by atoms with Crippen LogP contribution in [0.2, 0.25) is 0 Å². The molecule has 0 aliphatic carbocycles. The third-order valence-corrected chi connectivity index (χ3v) is 4.23. The third kappa shape index (κ3) is 4.46. The van der Waals surface area contributed by atoms with Crippen LogP contribution in [0.25, 0.3) is 0 Å². The van der Waals surface area contributed by atoms with Gasteiger partial charge in [-0.05, 0) is 6.07 Å². The van der Waals surface area contributed by atoms with Crippen molar-refractivity contribution in [2.24, 2.45) is 0 Å². The molecule has 26 heavy (non-hydrogen) atoms. The lowest BCUT2D eigenvalue weighted by atomic mass is 10.2. The third-order valence-electron chi connectivity index (χ3n) is 4.23. The number of amides is 1. The summed E-state index contributed by atoms with van der Waals surface area (Å²) in [6, 6.07) is 4.00. The minimum absolute atomic E-state index is 0.0248. The molecule has 10 heteroatoms. The number of fused-ring (bicyclic) bond motifs is 1. The van der Waals surface area contributed by atoms with Crippen LogP contribution in [0.1, 0.15) is 0 Å². The van der Waals surface area contributed by atoms with Crippen molar-refractivity contribution in [3.05, 3.63) is 28.3 Å². The van der Waals surface area contributed by atoms with Gasteiger partial charge in [0.2, 0.25) is 5.91 Å². The number of nitrogens with one attached hydrogen (secondary N) is 1. The van der Waals surface area contributed by atoms with Gasteiger partial charge in [0, 0.05) is 32.2 Å². The van der Waals surface area contributed by atoms with Crippen molar-refractivity contribution in [2.75, 3.05) is 57.4 Å². The van der Waals surface area contributed by atoms with E-state index in [0.717, 1.165) is 19.6 Å². The lowest BCUT2D eigenvalue weighted by molar-refractivity contribution is -0.384. The second-order valence-electron chi connectivity index (χ2n) is 6.04. The molecule has 1 aromatic carbocycles. The molecular weight excluding hydrogens is 344 g/mol. The van der Waals surface area contributed by atoms with Crippen molar-refractivity contribution in [3.8, 4) is 5.75 Å². The number of carbonyl (C=O) groups excluding carboxylic acids is 2. The Bertz CT molecular complexity index is 704. The summed E-state index contributed by atoms with van der Waals surface area (Å²) in [5.41, 5.74) is 0.312. The molecule has 2 aliphatic rings. The van der Waals surface area contributed by atoms with Gasteiger partial charge in [-0.2, -0.15) is 0 Å². The smallest absolute Gasteiger partial charge is 0.331 e. The van der Waals surface area contributed by atoms with E-state index >= 15 is 0 Å². The highest BCUT2D eigenvalue weighted by molar-refractivity contribution is 5.89. The van der Waals surface area contributed by atoms with Crippen LogP contribution in [0.5, 0.6) is 5.75 Å². The van der Waals surface area contributed by atoms with Crippen molar-refractivity contribution in [1.29, 1.82) is 0 Å². The lowest BCUT2D eigenvalue weighted by Gasteiger charge is -2.29. The summed E-state index contributed by atoms with van der Waals surface area (Å²) < 4.78 is 10.3. The molecule has 0 unspecified atom stereocenters. The molecule has 0 spiro atoms. The van der Waals surface area contributed by atoms with Crippen LogP contribution in [0.15, 0.2) is 18.2 Å². The predicted octanol–water partition coefficient (Wildman–Crippen LogP) is -0.231. The number of nitro groups is 1. The summed E-state index contributed by atoms with van der Waals surface area (Å²) in [5.74, 6) is -0.687. The Balaban J connectivity index is 1.56. The van der Waals surface area contributed by atoms with E-state index in [1.165, 1.54) is 18.2 Å². The Morgan fingerprint density at radius 2 is 2.08 bits per heavy atom. The monoisotopic (exact) mass is 364 g/mol. The molecule has 0 bridgehead atoms. The highest BCUT2D eigenvalue weighted by Crippen LogP contribution is 2.34. The number of esters is 1. The number of morpholine rings is 1. The van der Waals surface area contributed by atoms with E-state index in [4.69, 9.17) is 9.47 Å². The molecule has 1 amide bonds. The first-order valence-electron chi connectivity index (χ1n) is 8.34. The first-order valence-corrected chi connectivity index (χ1v) is 8.34. The summed E-state index contributed by atoms with van der Waals surface area (Å²) in [4.78, 5) is 38.0. The van der Waals surface area contributed by atoms with Gasteiger partial charge in [0.05, 0.1) is 36.4 Å². The van der Waals surface area contributed by atoms with Crippen molar-refractivity contribution in [2.45, 2.75) is 0 Å². The molecule has 140 valence electrons. The van der Waals surface area contributed by atoms with Crippen molar-refractivity contribution < 1.29 is 24.0 Å². The average Bonchev–Trinajstić information content (AvgIpc) is 2.62. The zero-order valence-electron chi connectivity index (χ0n) is 14.2. The van der Waals surface area contributed by atoms with E-state index < -0.39 is 10.9 Å². The molecule has 1 fully saturated rings. The molecule has 10 nitrogen and oxygen atoms in total. The molecule has 2 heterocycles. The Morgan fingerprint density at radius 1 is 1.31 bits per heavy atom. The maximum Gasteiger partial charge on any atom is 0.331 e. The van der Waals surface area contributed by atoms with E-state index in [1.54, 1.807) is 4.90 Å². The van der Waals surface area contributed by atoms with Gasteiger partial charge in [0.15, 0.2) is 5.75 Å². The Kier molecular flexibility index (Phi) is 5.64. The maximum absolute atomic E-state index is 12.2. The highest BCUT2D eigenvalue weighted by atomic mass is 16.6. The van der Waals surface area contributed by atoms with Crippen LogP contribution in [-0.4, -0.2) is 74.2 Å². The number of anilines is 1. The van der Waals surface area contributed by atoms with Crippen molar-refractivity contribution >= 4 is 23.3 Å². The van der Waals surface area contributed by atoms with Crippen LogP contribution in [-0.2, 0) is 14.3 Å². The molecule has 0 saturated carbocycles.